The summed E-state index contributed by atoms with van der Waals surface area (Å²) in [6.45, 7) is 3.27. The maximum atomic E-state index is 12.7. The van der Waals surface area contributed by atoms with E-state index in [0.717, 1.165) is 49.8 Å². The highest BCUT2D eigenvalue weighted by Crippen LogP contribution is 2.48. The van der Waals surface area contributed by atoms with E-state index in [9.17, 15) is 4.79 Å². The normalized spacial score (nSPS) is 23.2. The molecule has 1 aliphatic heterocycles. The van der Waals surface area contributed by atoms with Crippen LogP contribution in [0.5, 0.6) is 5.75 Å². The smallest absolute Gasteiger partial charge is 0.226 e. The second-order valence-electron chi connectivity index (χ2n) is 6.48. The predicted octanol–water partition coefficient (Wildman–Crippen LogP) is 2.74. The van der Waals surface area contributed by atoms with Crippen molar-refractivity contribution >= 4 is 11.6 Å². The molecule has 1 aromatic heterocycles. The zero-order valence-electron chi connectivity index (χ0n) is 13.9. The van der Waals surface area contributed by atoms with Gasteiger partial charge in [0.1, 0.15) is 11.5 Å². The molecule has 126 valence electrons. The van der Waals surface area contributed by atoms with Crippen LogP contribution < -0.4 is 9.64 Å². The van der Waals surface area contributed by atoms with Gasteiger partial charge in [0.25, 0.3) is 0 Å². The summed E-state index contributed by atoms with van der Waals surface area (Å²) in [4.78, 5) is 17.0. The van der Waals surface area contributed by atoms with Crippen molar-refractivity contribution in [2.45, 2.75) is 12.3 Å². The van der Waals surface area contributed by atoms with Gasteiger partial charge in [0.2, 0.25) is 5.91 Å². The number of furan rings is 1. The van der Waals surface area contributed by atoms with Crippen molar-refractivity contribution in [3.63, 3.8) is 0 Å². The molecule has 1 saturated carbocycles. The fraction of sp³-hybridized carbons (Fsp3) is 0.421. The van der Waals surface area contributed by atoms with Crippen molar-refractivity contribution in [1.29, 1.82) is 0 Å². The van der Waals surface area contributed by atoms with Gasteiger partial charge in [-0.05, 0) is 30.7 Å². The van der Waals surface area contributed by atoms with E-state index in [4.69, 9.17) is 9.15 Å². The average molecular weight is 326 g/mol. The summed E-state index contributed by atoms with van der Waals surface area (Å²) < 4.78 is 10.7. The Labute approximate surface area is 141 Å². The van der Waals surface area contributed by atoms with Gasteiger partial charge in [-0.2, -0.15) is 0 Å². The van der Waals surface area contributed by atoms with Crippen LogP contribution in [0.2, 0.25) is 0 Å². The fourth-order valence-corrected chi connectivity index (χ4v) is 3.51. The molecule has 24 heavy (non-hydrogen) atoms. The summed E-state index contributed by atoms with van der Waals surface area (Å²) in [5.41, 5.74) is 1.15. The Kier molecular flexibility index (Phi) is 3.92. The summed E-state index contributed by atoms with van der Waals surface area (Å²) in [7, 11) is 1.68. The SMILES string of the molecule is COc1cccc(N2CCN(C(=O)[C@@H]3C[C@@H]3c3ccco3)CC2)c1. The minimum absolute atomic E-state index is 0.111. The molecule has 2 heterocycles. The first-order valence-electron chi connectivity index (χ1n) is 8.47. The standard InChI is InChI=1S/C19H22N2O3/c1-23-15-5-2-4-14(12-15)20-7-9-21(10-8-20)19(22)17-13-16(17)18-6-3-11-24-18/h2-6,11-12,16-17H,7-10,13H2,1H3/t16-,17+/m0/s1. The van der Waals surface area contributed by atoms with Gasteiger partial charge < -0.3 is 19.0 Å². The molecule has 0 radical (unpaired) electrons. The minimum Gasteiger partial charge on any atom is -0.497 e. The van der Waals surface area contributed by atoms with Gasteiger partial charge in [0, 0.05) is 49.8 Å². The number of hydrogen-bond acceptors (Lipinski definition) is 4. The molecule has 1 saturated heterocycles. The van der Waals surface area contributed by atoms with Crippen molar-refractivity contribution in [1.82, 2.24) is 4.90 Å². The molecule has 0 unspecified atom stereocenters. The number of rotatable bonds is 4. The third kappa shape index (κ3) is 2.86. The second-order valence-corrected chi connectivity index (χ2v) is 6.48. The number of hydrogen-bond donors (Lipinski definition) is 0. The highest BCUT2D eigenvalue weighted by molar-refractivity contribution is 5.83. The third-order valence-corrected chi connectivity index (χ3v) is 5.03. The number of ether oxygens (including phenoxy) is 1. The lowest BCUT2D eigenvalue weighted by Gasteiger charge is -2.36. The van der Waals surface area contributed by atoms with Crippen molar-refractivity contribution in [2.75, 3.05) is 38.2 Å². The number of carbonyl (C=O) groups is 1. The van der Waals surface area contributed by atoms with Gasteiger partial charge in [-0.3, -0.25) is 4.79 Å². The molecule has 2 atom stereocenters. The largest absolute Gasteiger partial charge is 0.497 e. The van der Waals surface area contributed by atoms with Crippen molar-refractivity contribution in [3.8, 4) is 5.75 Å². The lowest BCUT2D eigenvalue weighted by molar-refractivity contribution is -0.133. The molecule has 1 aromatic carbocycles. The summed E-state index contributed by atoms with van der Waals surface area (Å²) >= 11 is 0. The molecule has 5 nitrogen and oxygen atoms in total. The van der Waals surface area contributed by atoms with Crippen LogP contribution in [-0.4, -0.2) is 44.1 Å². The molecule has 0 bridgehead atoms. The first-order chi connectivity index (χ1) is 11.8. The van der Waals surface area contributed by atoms with Crippen LogP contribution >= 0.6 is 0 Å². The van der Waals surface area contributed by atoms with Crippen LogP contribution in [0.1, 0.15) is 18.1 Å². The molecule has 2 fully saturated rings. The maximum absolute atomic E-state index is 12.7. The molecule has 0 N–H and O–H groups in total. The van der Waals surface area contributed by atoms with Gasteiger partial charge in [0.05, 0.1) is 13.4 Å². The van der Waals surface area contributed by atoms with Gasteiger partial charge in [-0.15, -0.1) is 0 Å². The van der Waals surface area contributed by atoms with E-state index in [-0.39, 0.29) is 17.7 Å². The van der Waals surface area contributed by atoms with E-state index in [1.165, 1.54) is 0 Å². The Morgan fingerprint density at radius 3 is 2.71 bits per heavy atom. The van der Waals surface area contributed by atoms with E-state index >= 15 is 0 Å². The number of carbonyl (C=O) groups excluding carboxylic acids is 1. The monoisotopic (exact) mass is 326 g/mol. The van der Waals surface area contributed by atoms with E-state index in [0.29, 0.717) is 0 Å². The molecule has 1 aliphatic carbocycles. The Morgan fingerprint density at radius 1 is 1.17 bits per heavy atom. The second kappa shape index (κ2) is 6.23. The lowest BCUT2D eigenvalue weighted by atomic mass is 10.2. The molecule has 2 aromatic rings. The zero-order chi connectivity index (χ0) is 16.5. The zero-order valence-corrected chi connectivity index (χ0v) is 13.9. The van der Waals surface area contributed by atoms with Crippen molar-refractivity contribution in [3.05, 3.63) is 48.4 Å². The van der Waals surface area contributed by atoms with Crippen molar-refractivity contribution in [2.24, 2.45) is 5.92 Å². The van der Waals surface area contributed by atoms with Crippen LogP contribution in [0.4, 0.5) is 5.69 Å². The Morgan fingerprint density at radius 2 is 2.00 bits per heavy atom. The Hall–Kier alpha value is -2.43. The van der Waals surface area contributed by atoms with Crippen LogP contribution in [0.25, 0.3) is 0 Å². The summed E-state index contributed by atoms with van der Waals surface area (Å²) in [6.07, 6.45) is 2.60. The van der Waals surface area contributed by atoms with Gasteiger partial charge >= 0.3 is 0 Å². The Balaban J connectivity index is 1.34. The summed E-state index contributed by atoms with van der Waals surface area (Å²) in [5.74, 6) is 2.48. The van der Waals surface area contributed by atoms with E-state index in [2.05, 4.69) is 11.0 Å². The summed E-state index contributed by atoms with van der Waals surface area (Å²) in [6, 6.07) is 12.0. The molecular formula is C19H22N2O3. The third-order valence-electron chi connectivity index (χ3n) is 5.03. The quantitative estimate of drug-likeness (QED) is 0.867. The number of piperazine rings is 1. The molecule has 1 amide bonds. The van der Waals surface area contributed by atoms with Crippen LogP contribution in [0, 0.1) is 5.92 Å². The fourth-order valence-electron chi connectivity index (χ4n) is 3.51. The molecule has 4 rings (SSSR count). The van der Waals surface area contributed by atoms with Gasteiger partial charge in [0.15, 0.2) is 0 Å². The highest BCUT2D eigenvalue weighted by Gasteiger charge is 2.47. The number of amides is 1. The van der Waals surface area contributed by atoms with Crippen LogP contribution in [-0.2, 0) is 4.79 Å². The van der Waals surface area contributed by atoms with Crippen molar-refractivity contribution < 1.29 is 13.9 Å². The number of benzene rings is 1. The Bertz CT molecular complexity index is 705. The maximum Gasteiger partial charge on any atom is 0.226 e. The first kappa shape index (κ1) is 15.1. The average Bonchev–Trinajstić information content (AvgIpc) is 3.26. The number of anilines is 1. The number of methoxy groups -OCH3 is 1. The lowest BCUT2D eigenvalue weighted by Crippen LogP contribution is -2.49. The molecule has 0 spiro atoms. The molecule has 5 heteroatoms. The topological polar surface area (TPSA) is 45.9 Å². The molecular weight excluding hydrogens is 304 g/mol. The van der Waals surface area contributed by atoms with Gasteiger partial charge in [-0.25, -0.2) is 0 Å². The minimum atomic E-state index is 0.111. The highest BCUT2D eigenvalue weighted by atomic mass is 16.5. The summed E-state index contributed by atoms with van der Waals surface area (Å²) in [5, 5.41) is 0. The molecule has 2 aliphatic rings. The van der Waals surface area contributed by atoms with Crippen LogP contribution in [0.3, 0.4) is 0 Å². The van der Waals surface area contributed by atoms with E-state index in [1.54, 1.807) is 13.4 Å². The van der Waals surface area contributed by atoms with Crippen LogP contribution in [0.15, 0.2) is 47.1 Å². The first-order valence-corrected chi connectivity index (χ1v) is 8.47. The van der Waals surface area contributed by atoms with E-state index in [1.807, 2.05) is 35.2 Å². The predicted molar refractivity (Wildman–Crippen MR) is 91.3 cm³/mol. The van der Waals surface area contributed by atoms with Gasteiger partial charge in [-0.1, -0.05) is 6.07 Å². The van der Waals surface area contributed by atoms with E-state index < -0.39 is 0 Å². The number of nitrogens with zero attached hydrogens (tertiary/aromatic N) is 2.